The van der Waals surface area contributed by atoms with Crippen molar-refractivity contribution < 1.29 is 64.6 Å². The van der Waals surface area contributed by atoms with Gasteiger partial charge in [0.15, 0.2) is 12.6 Å². The molecule has 2 rings (SSSR count). The second kappa shape index (κ2) is 65.4. The van der Waals surface area contributed by atoms with E-state index in [0.717, 1.165) is 103 Å². The van der Waals surface area contributed by atoms with E-state index >= 15 is 0 Å². The van der Waals surface area contributed by atoms with Crippen molar-refractivity contribution in [2.24, 2.45) is 0 Å². The molecular weight excluding hydrogens is 1220 g/mol. The molecule has 9 N–H and O–H groups in total. The van der Waals surface area contributed by atoms with Crippen LogP contribution in [0.5, 0.6) is 0 Å². The number of ether oxygens (including phenoxy) is 4. The minimum absolute atomic E-state index is 0.258. The van der Waals surface area contributed by atoms with Crippen molar-refractivity contribution in [3.05, 3.63) is 134 Å². The molecule has 0 radical (unpaired) electrons. The number of aliphatic hydroxyl groups excluding tert-OH is 8. The van der Waals surface area contributed by atoms with Gasteiger partial charge in [0.1, 0.15) is 48.8 Å². The van der Waals surface area contributed by atoms with Gasteiger partial charge in [-0.3, -0.25) is 4.79 Å². The van der Waals surface area contributed by atoms with Crippen LogP contribution in [0.1, 0.15) is 290 Å². The summed E-state index contributed by atoms with van der Waals surface area (Å²) in [6, 6.07) is -0.946. The van der Waals surface area contributed by atoms with Crippen molar-refractivity contribution in [1.29, 1.82) is 0 Å². The van der Waals surface area contributed by atoms with E-state index in [1.54, 1.807) is 6.08 Å². The largest absolute Gasteiger partial charge is 0.394 e. The summed E-state index contributed by atoms with van der Waals surface area (Å²) in [6.07, 6.45) is 80.8. The van der Waals surface area contributed by atoms with Gasteiger partial charge in [-0.25, -0.2) is 0 Å². The Hall–Kier alpha value is -3.87. The molecule has 0 aromatic rings. The first-order valence-electron chi connectivity index (χ1n) is 38.9. The van der Waals surface area contributed by atoms with Gasteiger partial charge in [-0.05, 0) is 103 Å². The van der Waals surface area contributed by atoms with E-state index in [4.69, 9.17) is 18.9 Å². The number of allylic oxidation sites excluding steroid dienone is 21. The summed E-state index contributed by atoms with van der Waals surface area (Å²) in [5.41, 5.74) is 0. The first-order valence-corrected chi connectivity index (χ1v) is 38.9. The maximum absolute atomic E-state index is 13.4. The van der Waals surface area contributed by atoms with Gasteiger partial charge in [-0.15, -0.1) is 0 Å². The van der Waals surface area contributed by atoms with Crippen LogP contribution in [0.3, 0.4) is 0 Å². The van der Waals surface area contributed by atoms with E-state index in [1.807, 2.05) is 6.08 Å². The lowest BCUT2D eigenvalue weighted by Gasteiger charge is -2.46. The van der Waals surface area contributed by atoms with Crippen LogP contribution >= 0.6 is 0 Å². The molecule has 1 amide bonds. The molecule has 12 unspecified atom stereocenters. The number of amides is 1. The van der Waals surface area contributed by atoms with Gasteiger partial charge >= 0.3 is 0 Å². The van der Waals surface area contributed by atoms with Crippen molar-refractivity contribution in [1.82, 2.24) is 5.32 Å². The standard InChI is InChI=1S/C83H141NO13/c1-3-5-7-9-11-13-15-17-19-21-23-25-27-29-31-32-33-34-35-36-37-38-39-40-41-43-45-47-49-51-53-55-57-59-61-63-65-67-75(88)84-71(70-94-82-80(93)78(91)81(74(69-86)96-82)97-83-79(92)77(90)76(89)73(68-85)95-83)72(87)66-64-62-60-58-56-54-52-50-48-46-44-42-30-28-26-24-22-20-18-16-14-12-10-8-6-4-2/h5,7,11,13,17,19,23,25,29,31,33-34,36-37,39-40,43,45,56,58,64,66,71-74,76-83,85-87,89-93H,3-4,6,8-10,12,14-16,18,20-22,24,26-28,30,32,35,38,41-42,44,46-55,57,59-63,65,67-70H2,1-2H3,(H,84,88)/b7-5-,13-11-,19-17-,25-23-,31-29-,34-33-,37-36-,40-39-,45-43-,58-56+,66-64+. The topological polar surface area (TPSA) is 228 Å². The molecule has 0 bridgehead atoms. The number of unbranched alkanes of at least 4 members (excludes halogenated alkanes) is 30. The second-order valence-electron chi connectivity index (χ2n) is 26.7. The third kappa shape index (κ3) is 48.6. The Morgan fingerprint density at radius 3 is 1.13 bits per heavy atom. The van der Waals surface area contributed by atoms with Gasteiger partial charge < -0.3 is 65.1 Å². The highest BCUT2D eigenvalue weighted by Gasteiger charge is 2.51. The summed E-state index contributed by atoms with van der Waals surface area (Å²) in [6.45, 7) is 2.69. The fraction of sp³-hybridized carbons (Fsp3) is 0.723. The van der Waals surface area contributed by atoms with E-state index in [-0.39, 0.29) is 18.9 Å². The Balaban J connectivity index is 1.66. The maximum Gasteiger partial charge on any atom is 0.220 e. The first kappa shape index (κ1) is 89.2. The summed E-state index contributed by atoms with van der Waals surface area (Å²) < 4.78 is 22.9. The third-order valence-electron chi connectivity index (χ3n) is 18.1. The zero-order valence-electron chi connectivity index (χ0n) is 60.8. The predicted octanol–water partition coefficient (Wildman–Crippen LogP) is 17.4. The average molecular weight is 1360 g/mol. The number of nitrogens with one attached hydrogen (secondary N) is 1. The lowest BCUT2D eigenvalue weighted by molar-refractivity contribution is -0.359. The lowest BCUT2D eigenvalue weighted by Crippen LogP contribution is -2.65. The Kier molecular flexibility index (Phi) is 60.2. The van der Waals surface area contributed by atoms with Crippen molar-refractivity contribution in [2.45, 2.75) is 364 Å². The van der Waals surface area contributed by atoms with E-state index in [9.17, 15) is 45.6 Å². The molecule has 0 aliphatic carbocycles. The van der Waals surface area contributed by atoms with Crippen LogP contribution in [0, 0.1) is 0 Å². The molecule has 2 aliphatic heterocycles. The monoisotopic (exact) mass is 1360 g/mol. The summed E-state index contributed by atoms with van der Waals surface area (Å²) in [4.78, 5) is 13.4. The molecule has 2 fully saturated rings. The molecule has 12 atom stereocenters. The van der Waals surface area contributed by atoms with E-state index in [0.29, 0.717) is 12.8 Å². The highest BCUT2D eigenvalue weighted by atomic mass is 16.7. The summed E-state index contributed by atoms with van der Waals surface area (Å²) in [5, 5.41) is 87.6. The van der Waals surface area contributed by atoms with Crippen LogP contribution < -0.4 is 5.32 Å². The molecule has 2 saturated heterocycles. The minimum atomic E-state index is -1.80. The number of rotatable bonds is 63. The third-order valence-corrected chi connectivity index (χ3v) is 18.1. The molecule has 0 spiro atoms. The normalized spacial score (nSPS) is 22.9. The molecular formula is C83H141NO13. The highest BCUT2D eigenvalue weighted by molar-refractivity contribution is 5.76. The Morgan fingerprint density at radius 2 is 0.722 bits per heavy atom. The van der Waals surface area contributed by atoms with E-state index in [1.165, 1.54) is 154 Å². The van der Waals surface area contributed by atoms with Gasteiger partial charge in [-0.2, -0.15) is 0 Å². The second-order valence-corrected chi connectivity index (χ2v) is 26.7. The number of hydrogen-bond acceptors (Lipinski definition) is 13. The van der Waals surface area contributed by atoms with Crippen LogP contribution in [0.2, 0.25) is 0 Å². The quantitative estimate of drug-likeness (QED) is 0.0204. The molecule has 0 aromatic heterocycles. The Bertz CT molecular complexity index is 2140. The fourth-order valence-corrected chi connectivity index (χ4v) is 11.9. The van der Waals surface area contributed by atoms with Crippen LogP contribution in [0.15, 0.2) is 134 Å². The first-order chi connectivity index (χ1) is 47.6. The predicted molar refractivity (Wildman–Crippen MR) is 401 cm³/mol. The van der Waals surface area contributed by atoms with Crippen LogP contribution in [-0.2, 0) is 23.7 Å². The van der Waals surface area contributed by atoms with Crippen molar-refractivity contribution in [3.63, 3.8) is 0 Å². The summed E-state index contributed by atoms with van der Waals surface area (Å²) >= 11 is 0. The molecule has 0 aromatic carbocycles. The van der Waals surface area contributed by atoms with Gasteiger partial charge in [-0.1, -0.05) is 314 Å². The van der Waals surface area contributed by atoms with Gasteiger partial charge in [0.2, 0.25) is 5.91 Å². The van der Waals surface area contributed by atoms with Crippen LogP contribution in [-0.4, -0.2) is 140 Å². The molecule has 2 heterocycles. The fourth-order valence-electron chi connectivity index (χ4n) is 11.9. The van der Waals surface area contributed by atoms with Crippen LogP contribution in [0.25, 0.3) is 0 Å². The molecule has 0 saturated carbocycles. The Morgan fingerprint density at radius 1 is 0.381 bits per heavy atom. The van der Waals surface area contributed by atoms with Crippen molar-refractivity contribution in [3.8, 4) is 0 Å². The van der Waals surface area contributed by atoms with Gasteiger partial charge in [0.25, 0.3) is 0 Å². The molecule has 97 heavy (non-hydrogen) atoms. The van der Waals surface area contributed by atoms with Crippen molar-refractivity contribution >= 4 is 5.91 Å². The molecule has 14 heteroatoms. The Labute approximate surface area is 590 Å². The van der Waals surface area contributed by atoms with Gasteiger partial charge in [0, 0.05) is 6.42 Å². The zero-order valence-corrected chi connectivity index (χ0v) is 60.8. The number of carbonyl (C=O) groups is 1. The lowest BCUT2D eigenvalue weighted by atomic mass is 9.97. The summed E-state index contributed by atoms with van der Waals surface area (Å²) in [5.74, 6) is -0.258. The van der Waals surface area contributed by atoms with Crippen LogP contribution in [0.4, 0.5) is 0 Å². The van der Waals surface area contributed by atoms with Crippen molar-refractivity contribution in [2.75, 3.05) is 19.8 Å². The minimum Gasteiger partial charge on any atom is -0.394 e. The maximum atomic E-state index is 13.4. The number of carbonyl (C=O) groups excluding carboxylic acids is 1. The molecule has 556 valence electrons. The molecule has 14 nitrogen and oxygen atoms in total. The van der Waals surface area contributed by atoms with E-state index in [2.05, 4.69) is 141 Å². The van der Waals surface area contributed by atoms with Gasteiger partial charge in [0.05, 0.1) is 32.0 Å². The number of aliphatic hydroxyl groups is 8. The smallest absolute Gasteiger partial charge is 0.220 e. The SMILES string of the molecule is CC/C=C\C/C=C\C/C=C\C/C=C\C/C=C\C/C=C\C/C=C\C/C=C\C/C=C\CCCCCCCCCCCC(=O)NC(COC1OC(CO)C(OC2OC(CO)C(O)C(O)C2O)C(O)C1O)C(O)/C=C/CC/C=C/CCCCCCCCCCCCCCCCCCCCCC. The zero-order chi connectivity index (χ0) is 70.1. The highest BCUT2D eigenvalue weighted by Crippen LogP contribution is 2.30. The summed E-state index contributed by atoms with van der Waals surface area (Å²) in [7, 11) is 0. The number of hydrogen-bond donors (Lipinski definition) is 9. The molecule has 2 aliphatic rings. The average Bonchev–Trinajstić information content (AvgIpc) is 0.794. The van der Waals surface area contributed by atoms with E-state index < -0.39 is 86.8 Å².